The molecule has 0 N–H and O–H groups in total. The van der Waals surface area contributed by atoms with E-state index in [-0.39, 0.29) is 24.3 Å². The minimum absolute atomic E-state index is 0.0729. The second-order valence-electron chi connectivity index (χ2n) is 6.66. The van der Waals surface area contributed by atoms with E-state index in [1.165, 1.54) is 11.3 Å². The average Bonchev–Trinajstić information content (AvgIpc) is 3.33. The fourth-order valence-electron chi connectivity index (χ4n) is 3.29. The van der Waals surface area contributed by atoms with Crippen LogP contribution < -0.4 is 0 Å². The third kappa shape index (κ3) is 3.73. The molecule has 3 aromatic rings. The van der Waals surface area contributed by atoms with Crippen LogP contribution in [0.25, 0.3) is 21.0 Å². The number of aromatic nitrogens is 1. The van der Waals surface area contributed by atoms with E-state index in [0.29, 0.717) is 10.8 Å². The maximum absolute atomic E-state index is 12.3. The molecule has 0 bridgehead atoms. The van der Waals surface area contributed by atoms with Gasteiger partial charge in [0.05, 0.1) is 10.2 Å². The van der Waals surface area contributed by atoms with E-state index in [2.05, 4.69) is 4.98 Å². The van der Waals surface area contributed by atoms with Gasteiger partial charge in [0.15, 0.2) is 17.4 Å². The number of esters is 1. The fraction of sp³-hybridized carbons (Fsp3) is 0.350. The minimum atomic E-state index is -0.639. The molecule has 6 nitrogen and oxygen atoms in total. The first-order chi connectivity index (χ1) is 13.1. The molecule has 2 aromatic heterocycles. The van der Waals surface area contributed by atoms with Crippen molar-refractivity contribution in [2.45, 2.75) is 32.2 Å². The smallest absolute Gasteiger partial charge is 0.374 e. The summed E-state index contributed by atoms with van der Waals surface area (Å²) in [6.07, 6.45) is 3.11. The SMILES string of the molecule is C[C@H]1CCCCN1C(=O)COC(=O)c1ccc(-c2nc3ccccc3s2)o1. The van der Waals surface area contributed by atoms with Gasteiger partial charge < -0.3 is 14.1 Å². The molecule has 0 spiro atoms. The number of benzene rings is 1. The summed E-state index contributed by atoms with van der Waals surface area (Å²) in [5.74, 6) is -0.211. The number of hydrogen-bond acceptors (Lipinski definition) is 6. The number of rotatable bonds is 4. The summed E-state index contributed by atoms with van der Waals surface area (Å²) in [6, 6.07) is 11.2. The number of ether oxygens (including phenoxy) is 1. The molecule has 140 valence electrons. The van der Waals surface area contributed by atoms with Crippen LogP contribution in [0.1, 0.15) is 36.7 Å². The number of piperidine rings is 1. The normalized spacial score (nSPS) is 17.2. The summed E-state index contributed by atoms with van der Waals surface area (Å²) in [6.45, 7) is 2.48. The molecule has 1 atom stereocenters. The van der Waals surface area contributed by atoms with Gasteiger partial charge in [0.25, 0.3) is 5.91 Å². The lowest BCUT2D eigenvalue weighted by Crippen LogP contribution is -2.44. The van der Waals surface area contributed by atoms with E-state index < -0.39 is 5.97 Å². The van der Waals surface area contributed by atoms with Crippen molar-refractivity contribution >= 4 is 33.4 Å². The van der Waals surface area contributed by atoms with Gasteiger partial charge in [-0.25, -0.2) is 9.78 Å². The Morgan fingerprint density at radius 3 is 2.93 bits per heavy atom. The molecule has 1 aliphatic heterocycles. The molecule has 4 rings (SSSR count). The van der Waals surface area contributed by atoms with E-state index in [4.69, 9.17) is 9.15 Å². The predicted molar refractivity (Wildman–Crippen MR) is 103 cm³/mol. The van der Waals surface area contributed by atoms with Crippen LogP contribution >= 0.6 is 11.3 Å². The Bertz CT molecular complexity index is 944. The van der Waals surface area contributed by atoms with Gasteiger partial charge in [0.1, 0.15) is 0 Å². The molecule has 7 heteroatoms. The number of nitrogens with zero attached hydrogens (tertiary/aromatic N) is 2. The van der Waals surface area contributed by atoms with Crippen molar-refractivity contribution in [3.8, 4) is 10.8 Å². The highest BCUT2D eigenvalue weighted by Crippen LogP contribution is 2.31. The first-order valence-electron chi connectivity index (χ1n) is 9.04. The van der Waals surface area contributed by atoms with Gasteiger partial charge in [0, 0.05) is 12.6 Å². The summed E-state index contributed by atoms with van der Waals surface area (Å²) in [4.78, 5) is 30.8. The Morgan fingerprint density at radius 2 is 2.11 bits per heavy atom. The number of amides is 1. The van der Waals surface area contributed by atoms with Crippen LogP contribution in [0.5, 0.6) is 0 Å². The molecule has 1 aromatic carbocycles. The van der Waals surface area contributed by atoms with E-state index in [1.54, 1.807) is 17.0 Å². The Morgan fingerprint density at radius 1 is 1.26 bits per heavy atom. The lowest BCUT2D eigenvalue weighted by Gasteiger charge is -2.33. The number of furan rings is 1. The van der Waals surface area contributed by atoms with Crippen LogP contribution in [0.15, 0.2) is 40.8 Å². The molecule has 1 aliphatic rings. The number of thiazole rings is 1. The maximum Gasteiger partial charge on any atom is 0.374 e. The van der Waals surface area contributed by atoms with Crippen LogP contribution in [-0.2, 0) is 9.53 Å². The van der Waals surface area contributed by atoms with E-state index in [0.717, 1.165) is 36.0 Å². The number of likely N-dealkylation sites (tertiary alicyclic amines) is 1. The lowest BCUT2D eigenvalue weighted by atomic mass is 10.0. The van der Waals surface area contributed by atoms with Crippen molar-refractivity contribution < 1.29 is 18.7 Å². The van der Waals surface area contributed by atoms with Gasteiger partial charge in [-0.1, -0.05) is 12.1 Å². The number of carbonyl (C=O) groups is 2. The molecule has 0 radical (unpaired) electrons. The maximum atomic E-state index is 12.3. The largest absolute Gasteiger partial charge is 0.450 e. The van der Waals surface area contributed by atoms with Gasteiger partial charge in [-0.3, -0.25) is 4.79 Å². The van der Waals surface area contributed by atoms with Crippen LogP contribution in [0.4, 0.5) is 0 Å². The quantitative estimate of drug-likeness (QED) is 0.633. The van der Waals surface area contributed by atoms with Crippen LogP contribution in [0, 0.1) is 0 Å². The van der Waals surface area contributed by atoms with Crippen LogP contribution in [0.2, 0.25) is 0 Å². The molecule has 1 saturated heterocycles. The zero-order valence-electron chi connectivity index (χ0n) is 15.0. The van der Waals surface area contributed by atoms with Crippen molar-refractivity contribution in [1.82, 2.24) is 9.88 Å². The van der Waals surface area contributed by atoms with Gasteiger partial charge >= 0.3 is 5.97 Å². The first-order valence-corrected chi connectivity index (χ1v) is 9.86. The molecule has 27 heavy (non-hydrogen) atoms. The summed E-state index contributed by atoms with van der Waals surface area (Å²) in [7, 11) is 0. The van der Waals surface area contributed by atoms with Gasteiger partial charge in [-0.15, -0.1) is 11.3 Å². The van der Waals surface area contributed by atoms with Crippen molar-refractivity contribution in [2.75, 3.05) is 13.2 Å². The summed E-state index contributed by atoms with van der Waals surface area (Å²) in [5.41, 5.74) is 0.888. The molecule has 1 fully saturated rings. The number of carbonyl (C=O) groups excluding carboxylic acids is 2. The molecule has 1 amide bonds. The van der Waals surface area contributed by atoms with E-state index >= 15 is 0 Å². The topological polar surface area (TPSA) is 72.6 Å². The minimum Gasteiger partial charge on any atom is -0.450 e. The second-order valence-corrected chi connectivity index (χ2v) is 7.69. The molecule has 3 heterocycles. The highest BCUT2D eigenvalue weighted by molar-refractivity contribution is 7.21. The van der Waals surface area contributed by atoms with Gasteiger partial charge in [-0.05, 0) is 50.5 Å². The van der Waals surface area contributed by atoms with Crippen LogP contribution in [-0.4, -0.2) is 41.0 Å². The standard InChI is InChI=1S/C20H20N2O4S/c1-13-6-4-5-11-22(13)18(23)12-25-20(24)16-10-9-15(26-16)19-21-14-7-2-3-8-17(14)27-19/h2-3,7-10,13H,4-6,11-12H2,1H3/t13-/m0/s1. The molecular weight excluding hydrogens is 364 g/mol. The Hall–Kier alpha value is -2.67. The van der Waals surface area contributed by atoms with Gasteiger partial charge in [0.2, 0.25) is 5.76 Å². The van der Waals surface area contributed by atoms with Crippen molar-refractivity contribution in [3.63, 3.8) is 0 Å². The first kappa shape index (κ1) is 17.7. The Kier molecular flexibility index (Phi) is 4.94. The number of fused-ring (bicyclic) bond motifs is 1. The highest BCUT2D eigenvalue weighted by atomic mass is 32.1. The average molecular weight is 384 g/mol. The Labute approximate surface area is 160 Å². The third-order valence-corrected chi connectivity index (χ3v) is 5.81. The Balaban J connectivity index is 1.40. The predicted octanol–water partition coefficient (Wildman–Crippen LogP) is 4.11. The summed E-state index contributed by atoms with van der Waals surface area (Å²) < 4.78 is 11.8. The zero-order chi connectivity index (χ0) is 18.8. The second kappa shape index (κ2) is 7.52. The van der Waals surface area contributed by atoms with E-state index in [9.17, 15) is 9.59 Å². The molecular formula is C20H20N2O4S. The number of hydrogen-bond donors (Lipinski definition) is 0. The van der Waals surface area contributed by atoms with Crippen molar-refractivity contribution in [1.29, 1.82) is 0 Å². The number of para-hydroxylation sites is 1. The highest BCUT2D eigenvalue weighted by Gasteiger charge is 2.25. The molecule has 0 aliphatic carbocycles. The van der Waals surface area contributed by atoms with Crippen molar-refractivity contribution in [2.24, 2.45) is 0 Å². The van der Waals surface area contributed by atoms with Crippen LogP contribution in [0.3, 0.4) is 0 Å². The molecule has 0 saturated carbocycles. The van der Waals surface area contributed by atoms with E-state index in [1.807, 2.05) is 31.2 Å². The zero-order valence-corrected chi connectivity index (χ0v) is 15.8. The molecule has 0 unspecified atom stereocenters. The third-order valence-electron chi connectivity index (χ3n) is 4.76. The monoisotopic (exact) mass is 384 g/mol. The fourth-order valence-corrected chi connectivity index (χ4v) is 4.22. The summed E-state index contributed by atoms with van der Waals surface area (Å²) in [5, 5.41) is 0.702. The van der Waals surface area contributed by atoms with Crippen molar-refractivity contribution in [3.05, 3.63) is 42.2 Å². The van der Waals surface area contributed by atoms with Gasteiger partial charge in [-0.2, -0.15) is 0 Å². The lowest BCUT2D eigenvalue weighted by molar-refractivity contribution is -0.137. The summed E-state index contributed by atoms with van der Waals surface area (Å²) >= 11 is 1.49.